The lowest BCUT2D eigenvalue weighted by Gasteiger charge is -2.35. The smallest absolute Gasteiger partial charge is 0.407 e. The first kappa shape index (κ1) is 17.3. The number of ether oxygens (including phenoxy) is 1. The predicted molar refractivity (Wildman–Crippen MR) is 82.8 cm³/mol. The molecule has 4 heteroatoms. The lowest BCUT2D eigenvalue weighted by Crippen LogP contribution is -2.44. The van der Waals surface area contributed by atoms with Gasteiger partial charge in [-0.2, -0.15) is 0 Å². The van der Waals surface area contributed by atoms with Crippen molar-refractivity contribution in [2.45, 2.75) is 71.9 Å². The molecule has 0 aromatic carbocycles. The summed E-state index contributed by atoms with van der Waals surface area (Å²) in [5.41, 5.74) is -0.427. The highest BCUT2D eigenvalue weighted by Crippen LogP contribution is 2.29. The first-order chi connectivity index (χ1) is 9.29. The predicted octanol–water partition coefficient (Wildman–Crippen LogP) is 3.32. The number of rotatable bonds is 5. The maximum Gasteiger partial charge on any atom is 0.407 e. The van der Waals surface area contributed by atoms with Gasteiger partial charge in [0, 0.05) is 19.1 Å². The molecule has 2 N–H and O–H groups in total. The molecule has 1 amide bonds. The van der Waals surface area contributed by atoms with Gasteiger partial charge in [0.05, 0.1) is 0 Å². The fraction of sp³-hybridized carbons (Fsp3) is 0.938. The first-order valence-corrected chi connectivity index (χ1v) is 8.00. The van der Waals surface area contributed by atoms with E-state index in [1.54, 1.807) is 0 Å². The molecule has 0 aromatic rings. The third-order valence-electron chi connectivity index (χ3n) is 3.88. The summed E-state index contributed by atoms with van der Waals surface area (Å²) in [7, 11) is 0. The number of alkyl carbamates (subject to hydrolysis) is 1. The molecule has 0 saturated heterocycles. The molecule has 0 aromatic heterocycles. The second-order valence-electron chi connectivity index (χ2n) is 7.18. The van der Waals surface area contributed by atoms with Crippen LogP contribution in [0.5, 0.6) is 0 Å². The maximum atomic E-state index is 11.5. The van der Waals surface area contributed by atoms with Crippen LogP contribution in [0.15, 0.2) is 0 Å². The summed E-state index contributed by atoms with van der Waals surface area (Å²) in [6.07, 6.45) is 4.94. The highest BCUT2D eigenvalue weighted by atomic mass is 16.6. The van der Waals surface area contributed by atoms with Gasteiger partial charge in [0.25, 0.3) is 0 Å². The summed E-state index contributed by atoms with van der Waals surface area (Å²) < 4.78 is 5.21. The van der Waals surface area contributed by atoms with E-state index in [1.165, 1.54) is 25.7 Å². The lowest BCUT2D eigenvalue weighted by molar-refractivity contribution is 0.0527. The second-order valence-corrected chi connectivity index (χ2v) is 7.18. The Bertz CT molecular complexity index is 297. The van der Waals surface area contributed by atoms with E-state index in [1.807, 2.05) is 20.8 Å². The first-order valence-electron chi connectivity index (χ1n) is 8.00. The molecule has 1 saturated carbocycles. The Morgan fingerprint density at radius 3 is 2.45 bits per heavy atom. The molecule has 0 heterocycles. The van der Waals surface area contributed by atoms with Crippen molar-refractivity contribution in [3.8, 4) is 0 Å². The second kappa shape index (κ2) is 7.87. The molecule has 1 aliphatic rings. The SMILES string of the molecule is CC(C)C1CCCCC1NCCNC(=O)OC(C)(C)C. The van der Waals surface area contributed by atoms with Gasteiger partial charge in [-0.25, -0.2) is 4.79 Å². The molecule has 1 rings (SSSR count). The number of carbonyl (C=O) groups excluding carboxylic acids is 1. The summed E-state index contributed by atoms with van der Waals surface area (Å²) in [6.45, 7) is 11.7. The molecule has 4 nitrogen and oxygen atoms in total. The van der Waals surface area contributed by atoms with Crippen molar-refractivity contribution in [2.24, 2.45) is 11.8 Å². The van der Waals surface area contributed by atoms with Crippen LogP contribution >= 0.6 is 0 Å². The Hall–Kier alpha value is -0.770. The Morgan fingerprint density at radius 1 is 1.20 bits per heavy atom. The summed E-state index contributed by atoms with van der Waals surface area (Å²) in [5, 5.41) is 6.40. The van der Waals surface area contributed by atoms with E-state index in [9.17, 15) is 4.79 Å². The molecule has 118 valence electrons. The van der Waals surface area contributed by atoms with Gasteiger partial charge in [-0.3, -0.25) is 0 Å². The van der Waals surface area contributed by atoms with E-state index in [0.29, 0.717) is 12.6 Å². The van der Waals surface area contributed by atoms with E-state index < -0.39 is 5.60 Å². The van der Waals surface area contributed by atoms with Gasteiger partial charge in [-0.15, -0.1) is 0 Å². The molecule has 2 unspecified atom stereocenters. The van der Waals surface area contributed by atoms with Crippen LogP contribution in [0.1, 0.15) is 60.3 Å². The normalized spacial score (nSPS) is 23.7. The summed E-state index contributed by atoms with van der Waals surface area (Å²) in [5.74, 6) is 1.50. The van der Waals surface area contributed by atoms with Gasteiger partial charge in [0.2, 0.25) is 0 Å². The minimum atomic E-state index is -0.427. The number of carbonyl (C=O) groups is 1. The van der Waals surface area contributed by atoms with Crippen LogP contribution in [0, 0.1) is 11.8 Å². The Kier molecular flexibility index (Phi) is 6.80. The fourth-order valence-electron chi connectivity index (χ4n) is 2.95. The molecule has 20 heavy (non-hydrogen) atoms. The van der Waals surface area contributed by atoms with Crippen LogP contribution in [0.2, 0.25) is 0 Å². The van der Waals surface area contributed by atoms with E-state index in [4.69, 9.17) is 4.74 Å². The van der Waals surface area contributed by atoms with Crippen LogP contribution < -0.4 is 10.6 Å². The zero-order chi connectivity index (χ0) is 15.2. The van der Waals surface area contributed by atoms with E-state index in [2.05, 4.69) is 24.5 Å². The fourth-order valence-corrected chi connectivity index (χ4v) is 2.95. The van der Waals surface area contributed by atoms with Crippen LogP contribution in [0.25, 0.3) is 0 Å². The standard InChI is InChI=1S/C16H32N2O2/c1-12(2)13-8-6-7-9-14(13)17-10-11-18-15(19)20-16(3,4)5/h12-14,17H,6-11H2,1-5H3,(H,18,19). The van der Waals surface area contributed by atoms with Gasteiger partial charge in [-0.05, 0) is 45.4 Å². The number of hydrogen-bond acceptors (Lipinski definition) is 3. The number of hydrogen-bond donors (Lipinski definition) is 2. The van der Waals surface area contributed by atoms with Crippen molar-refractivity contribution in [3.05, 3.63) is 0 Å². The average molecular weight is 284 g/mol. The zero-order valence-corrected chi connectivity index (χ0v) is 13.8. The Morgan fingerprint density at radius 2 is 1.85 bits per heavy atom. The molecule has 1 aliphatic carbocycles. The third kappa shape index (κ3) is 6.60. The molecule has 1 fully saturated rings. The molecule has 0 aliphatic heterocycles. The van der Waals surface area contributed by atoms with Crippen LogP contribution in [0.4, 0.5) is 4.79 Å². The minimum absolute atomic E-state index is 0.330. The minimum Gasteiger partial charge on any atom is -0.444 e. The lowest BCUT2D eigenvalue weighted by atomic mass is 9.78. The summed E-state index contributed by atoms with van der Waals surface area (Å²) in [4.78, 5) is 11.5. The topological polar surface area (TPSA) is 50.4 Å². The van der Waals surface area contributed by atoms with Crippen molar-refractivity contribution < 1.29 is 9.53 Å². The van der Waals surface area contributed by atoms with Gasteiger partial charge < -0.3 is 15.4 Å². The quantitative estimate of drug-likeness (QED) is 0.761. The summed E-state index contributed by atoms with van der Waals surface area (Å²) >= 11 is 0. The van der Waals surface area contributed by atoms with E-state index >= 15 is 0 Å². The third-order valence-corrected chi connectivity index (χ3v) is 3.88. The highest BCUT2D eigenvalue weighted by molar-refractivity contribution is 5.67. The number of amides is 1. The van der Waals surface area contributed by atoms with Gasteiger partial charge in [0.1, 0.15) is 5.60 Å². The van der Waals surface area contributed by atoms with Gasteiger partial charge >= 0.3 is 6.09 Å². The van der Waals surface area contributed by atoms with Crippen LogP contribution in [-0.4, -0.2) is 30.8 Å². The molecule has 0 bridgehead atoms. The Labute approximate surface area is 124 Å². The largest absolute Gasteiger partial charge is 0.444 e. The van der Waals surface area contributed by atoms with Crippen molar-refractivity contribution >= 4 is 6.09 Å². The molecular weight excluding hydrogens is 252 g/mol. The van der Waals surface area contributed by atoms with Crippen LogP contribution in [0.3, 0.4) is 0 Å². The monoisotopic (exact) mass is 284 g/mol. The zero-order valence-electron chi connectivity index (χ0n) is 13.8. The molecule has 0 spiro atoms. The van der Waals surface area contributed by atoms with Crippen molar-refractivity contribution in [1.29, 1.82) is 0 Å². The van der Waals surface area contributed by atoms with Crippen molar-refractivity contribution in [3.63, 3.8) is 0 Å². The average Bonchev–Trinajstić information content (AvgIpc) is 2.33. The summed E-state index contributed by atoms with van der Waals surface area (Å²) in [6, 6.07) is 0.601. The molecular formula is C16H32N2O2. The molecule has 2 atom stereocenters. The van der Waals surface area contributed by atoms with Crippen molar-refractivity contribution in [1.82, 2.24) is 10.6 Å². The van der Waals surface area contributed by atoms with E-state index in [-0.39, 0.29) is 6.09 Å². The highest BCUT2D eigenvalue weighted by Gasteiger charge is 2.26. The number of nitrogens with one attached hydrogen (secondary N) is 2. The van der Waals surface area contributed by atoms with Gasteiger partial charge in [0.15, 0.2) is 0 Å². The van der Waals surface area contributed by atoms with Crippen molar-refractivity contribution in [2.75, 3.05) is 13.1 Å². The van der Waals surface area contributed by atoms with Gasteiger partial charge in [-0.1, -0.05) is 26.7 Å². The van der Waals surface area contributed by atoms with E-state index in [0.717, 1.165) is 18.4 Å². The molecule has 0 radical (unpaired) electrons. The van der Waals surface area contributed by atoms with Crippen LogP contribution in [-0.2, 0) is 4.74 Å². The maximum absolute atomic E-state index is 11.5. The Balaban J connectivity index is 2.21.